The molecule has 1 fully saturated rings. The van der Waals surface area contributed by atoms with Crippen LogP contribution in [0.15, 0.2) is 18.2 Å². The van der Waals surface area contributed by atoms with Crippen molar-refractivity contribution in [3.8, 4) is 11.5 Å². The van der Waals surface area contributed by atoms with Crippen LogP contribution in [-0.2, 0) is 10.2 Å². The molecule has 1 amide bonds. The van der Waals surface area contributed by atoms with Gasteiger partial charge in [-0.3, -0.25) is 4.79 Å². The minimum absolute atomic E-state index is 0. The average molecular weight is 383 g/mol. The van der Waals surface area contributed by atoms with Crippen molar-refractivity contribution in [3.63, 3.8) is 0 Å². The van der Waals surface area contributed by atoms with Gasteiger partial charge in [0.1, 0.15) is 13.2 Å². The first-order valence-electron chi connectivity index (χ1n) is 9.42. The van der Waals surface area contributed by atoms with Crippen LogP contribution in [0.1, 0.15) is 39.2 Å². The summed E-state index contributed by atoms with van der Waals surface area (Å²) in [6, 6.07) is 5.87. The summed E-state index contributed by atoms with van der Waals surface area (Å²) in [5.41, 5.74) is 0.418. The zero-order chi connectivity index (χ0) is 17.9. The van der Waals surface area contributed by atoms with E-state index in [0.29, 0.717) is 19.1 Å². The second-order valence-electron chi connectivity index (χ2n) is 7.53. The summed E-state index contributed by atoms with van der Waals surface area (Å²) < 4.78 is 11.3. The van der Waals surface area contributed by atoms with Gasteiger partial charge in [-0.25, -0.2) is 0 Å². The molecule has 1 aromatic rings. The van der Waals surface area contributed by atoms with E-state index in [1.807, 2.05) is 36.9 Å². The molecule has 6 heteroatoms. The van der Waals surface area contributed by atoms with Crippen LogP contribution >= 0.6 is 12.4 Å². The van der Waals surface area contributed by atoms with Gasteiger partial charge in [-0.1, -0.05) is 13.0 Å². The molecule has 0 spiro atoms. The van der Waals surface area contributed by atoms with Crippen molar-refractivity contribution in [1.29, 1.82) is 0 Å². The second-order valence-corrected chi connectivity index (χ2v) is 7.53. The van der Waals surface area contributed by atoms with Crippen LogP contribution in [0.5, 0.6) is 11.5 Å². The number of ether oxygens (including phenoxy) is 2. The number of carbonyl (C=O) groups excluding carboxylic acids is 1. The van der Waals surface area contributed by atoms with Gasteiger partial charge in [0.2, 0.25) is 5.91 Å². The summed E-state index contributed by atoms with van der Waals surface area (Å²) in [6.07, 6.45) is 2.16. The third-order valence-corrected chi connectivity index (χ3v) is 5.38. The highest BCUT2D eigenvalue weighted by molar-refractivity contribution is 5.87. The Kier molecular flexibility index (Phi) is 7.18. The lowest BCUT2D eigenvalue weighted by Gasteiger charge is -2.37. The van der Waals surface area contributed by atoms with Crippen molar-refractivity contribution >= 4 is 18.3 Å². The number of carbonyl (C=O) groups is 1. The molecule has 3 rings (SSSR count). The van der Waals surface area contributed by atoms with Crippen LogP contribution in [-0.4, -0.2) is 50.2 Å². The highest BCUT2D eigenvalue weighted by Crippen LogP contribution is 2.36. The number of hydrogen-bond donors (Lipinski definition) is 1. The minimum atomic E-state index is -0.565. The van der Waals surface area contributed by atoms with Crippen molar-refractivity contribution in [2.45, 2.75) is 39.0 Å². The van der Waals surface area contributed by atoms with E-state index < -0.39 is 5.41 Å². The Hall–Kier alpha value is -1.46. The molecule has 146 valence electrons. The molecule has 1 saturated heterocycles. The number of amides is 1. The van der Waals surface area contributed by atoms with E-state index in [0.717, 1.165) is 56.1 Å². The molecule has 2 heterocycles. The number of halogens is 1. The quantitative estimate of drug-likeness (QED) is 0.850. The third-order valence-electron chi connectivity index (χ3n) is 5.38. The zero-order valence-corrected chi connectivity index (χ0v) is 16.9. The van der Waals surface area contributed by atoms with Gasteiger partial charge in [0, 0.05) is 13.1 Å². The molecule has 0 radical (unpaired) electrons. The van der Waals surface area contributed by atoms with E-state index in [9.17, 15) is 4.79 Å². The van der Waals surface area contributed by atoms with Gasteiger partial charge in [-0.15, -0.1) is 12.4 Å². The van der Waals surface area contributed by atoms with Gasteiger partial charge in [0.15, 0.2) is 11.5 Å². The molecule has 2 aliphatic rings. The smallest absolute Gasteiger partial charge is 0.232 e. The van der Waals surface area contributed by atoms with E-state index in [1.165, 1.54) is 0 Å². The highest BCUT2D eigenvalue weighted by atomic mass is 35.5. The molecule has 0 aliphatic carbocycles. The van der Waals surface area contributed by atoms with Crippen molar-refractivity contribution < 1.29 is 14.3 Å². The Morgan fingerprint density at radius 1 is 1.19 bits per heavy atom. The number of likely N-dealkylation sites (tertiary alicyclic amines) is 1. The van der Waals surface area contributed by atoms with E-state index in [4.69, 9.17) is 9.47 Å². The number of fused-ring (bicyclic) bond motifs is 1. The molecule has 0 unspecified atom stereocenters. The predicted octanol–water partition coefficient (Wildman–Crippen LogP) is 3.01. The maximum Gasteiger partial charge on any atom is 0.232 e. The Balaban J connectivity index is 0.00000243. The van der Waals surface area contributed by atoms with Gasteiger partial charge in [-0.2, -0.15) is 0 Å². The van der Waals surface area contributed by atoms with Gasteiger partial charge in [-0.05, 0) is 63.4 Å². The fourth-order valence-corrected chi connectivity index (χ4v) is 3.64. The van der Waals surface area contributed by atoms with Gasteiger partial charge >= 0.3 is 0 Å². The van der Waals surface area contributed by atoms with Crippen LogP contribution in [0.2, 0.25) is 0 Å². The Labute approximate surface area is 162 Å². The maximum absolute atomic E-state index is 13.1. The lowest BCUT2D eigenvalue weighted by molar-refractivity contribution is -0.137. The maximum atomic E-state index is 13.1. The molecule has 1 N–H and O–H groups in total. The molecule has 1 aromatic carbocycles. The topological polar surface area (TPSA) is 50.8 Å². The SMILES string of the molecule is CCNCC1CCN(C(=O)C(C)(C)c2ccc3c(c2)OCCO3)CC1.Cl. The molecule has 0 aromatic heterocycles. The number of nitrogens with zero attached hydrogens (tertiary/aromatic N) is 1. The van der Waals surface area contributed by atoms with Crippen molar-refractivity contribution in [1.82, 2.24) is 10.2 Å². The molecule has 2 aliphatic heterocycles. The highest BCUT2D eigenvalue weighted by Gasteiger charge is 2.36. The lowest BCUT2D eigenvalue weighted by atomic mass is 9.82. The van der Waals surface area contributed by atoms with Crippen molar-refractivity contribution in [3.05, 3.63) is 23.8 Å². The van der Waals surface area contributed by atoms with Crippen molar-refractivity contribution in [2.24, 2.45) is 5.92 Å². The van der Waals surface area contributed by atoms with E-state index >= 15 is 0 Å². The number of nitrogens with one attached hydrogen (secondary N) is 1. The lowest BCUT2D eigenvalue weighted by Crippen LogP contribution is -2.48. The summed E-state index contributed by atoms with van der Waals surface area (Å²) in [4.78, 5) is 15.2. The summed E-state index contributed by atoms with van der Waals surface area (Å²) in [5, 5.41) is 3.42. The normalized spacial score (nSPS) is 17.6. The van der Waals surface area contributed by atoms with Crippen LogP contribution in [0.3, 0.4) is 0 Å². The largest absolute Gasteiger partial charge is 0.486 e. The number of benzene rings is 1. The second kappa shape index (κ2) is 8.96. The Morgan fingerprint density at radius 2 is 1.85 bits per heavy atom. The number of piperidine rings is 1. The molecular weight excluding hydrogens is 352 g/mol. The number of rotatable bonds is 5. The van der Waals surface area contributed by atoms with E-state index in [2.05, 4.69) is 12.2 Å². The monoisotopic (exact) mass is 382 g/mol. The summed E-state index contributed by atoms with van der Waals surface area (Å²) >= 11 is 0. The fraction of sp³-hybridized carbons (Fsp3) is 0.650. The van der Waals surface area contributed by atoms with Crippen molar-refractivity contribution in [2.75, 3.05) is 39.4 Å². The van der Waals surface area contributed by atoms with E-state index in [1.54, 1.807) is 0 Å². The third kappa shape index (κ3) is 4.44. The Morgan fingerprint density at radius 3 is 2.50 bits per heavy atom. The van der Waals surface area contributed by atoms with Crippen LogP contribution in [0.4, 0.5) is 0 Å². The molecular formula is C20H31ClN2O3. The molecule has 0 bridgehead atoms. The van der Waals surface area contributed by atoms with Gasteiger partial charge in [0.05, 0.1) is 5.41 Å². The minimum Gasteiger partial charge on any atom is -0.486 e. The predicted molar refractivity (Wildman–Crippen MR) is 106 cm³/mol. The van der Waals surface area contributed by atoms with Crippen LogP contribution in [0, 0.1) is 5.92 Å². The Bertz CT molecular complexity index is 613. The number of hydrogen-bond acceptors (Lipinski definition) is 4. The first-order valence-corrected chi connectivity index (χ1v) is 9.42. The zero-order valence-electron chi connectivity index (χ0n) is 16.0. The molecule has 5 nitrogen and oxygen atoms in total. The van der Waals surface area contributed by atoms with E-state index in [-0.39, 0.29) is 18.3 Å². The first-order chi connectivity index (χ1) is 12.0. The molecule has 0 saturated carbocycles. The van der Waals surface area contributed by atoms with Crippen LogP contribution in [0.25, 0.3) is 0 Å². The summed E-state index contributed by atoms with van der Waals surface area (Å²) in [6.45, 7) is 11.1. The molecule has 0 atom stereocenters. The average Bonchev–Trinajstić information content (AvgIpc) is 2.65. The van der Waals surface area contributed by atoms with Gasteiger partial charge in [0.25, 0.3) is 0 Å². The van der Waals surface area contributed by atoms with Crippen LogP contribution < -0.4 is 14.8 Å². The molecule has 26 heavy (non-hydrogen) atoms. The fourth-order valence-electron chi connectivity index (χ4n) is 3.64. The van der Waals surface area contributed by atoms with Gasteiger partial charge < -0.3 is 19.7 Å². The summed E-state index contributed by atoms with van der Waals surface area (Å²) in [5.74, 6) is 2.39. The first kappa shape index (κ1) is 20.8. The summed E-state index contributed by atoms with van der Waals surface area (Å²) in [7, 11) is 0. The standard InChI is InChI=1S/C20H30N2O3.ClH/c1-4-21-14-15-7-9-22(10-8-15)19(23)20(2,3)16-5-6-17-18(13-16)25-12-11-24-17;/h5-6,13,15,21H,4,7-12,14H2,1-3H3;1H.